The van der Waals surface area contributed by atoms with Crippen molar-refractivity contribution in [2.75, 3.05) is 26.2 Å². The number of fused-ring (bicyclic) bond motifs is 2. The lowest BCUT2D eigenvalue weighted by atomic mass is 9.84. The van der Waals surface area contributed by atoms with E-state index < -0.39 is 0 Å². The molecule has 2 saturated carbocycles. The van der Waals surface area contributed by atoms with Crippen molar-refractivity contribution in [3.05, 3.63) is 35.4 Å². The van der Waals surface area contributed by atoms with Crippen LogP contribution < -0.4 is 5.73 Å². The zero-order valence-electron chi connectivity index (χ0n) is 15.6. The number of hydrogen-bond acceptors (Lipinski definition) is 3. The first kappa shape index (κ1) is 17.5. The van der Waals surface area contributed by atoms with Crippen LogP contribution in [0.2, 0.25) is 0 Å². The molecule has 2 aliphatic carbocycles. The van der Waals surface area contributed by atoms with Gasteiger partial charge < -0.3 is 15.5 Å². The molecule has 1 saturated heterocycles. The number of nitrogens with two attached hydrogens (primary N) is 1. The standard InChI is InChI=1S/C21H29N3O2/c1-2-14-3-5-15(6-4-14)20(25)23-9-11-24(12-10-23)21(26)18-16-7-8-17(13-16)19(18)22/h3-6,16-19H,2,7-13,22H2,1H3. The summed E-state index contributed by atoms with van der Waals surface area (Å²) < 4.78 is 0. The molecule has 1 aromatic carbocycles. The van der Waals surface area contributed by atoms with E-state index in [1.54, 1.807) is 0 Å². The summed E-state index contributed by atoms with van der Waals surface area (Å²) in [4.78, 5) is 29.5. The first-order valence-corrected chi connectivity index (χ1v) is 10.0. The van der Waals surface area contributed by atoms with E-state index in [4.69, 9.17) is 5.73 Å². The fourth-order valence-electron chi connectivity index (χ4n) is 5.11. The molecule has 4 rings (SSSR count). The highest BCUT2D eigenvalue weighted by atomic mass is 16.2. The van der Waals surface area contributed by atoms with E-state index in [9.17, 15) is 9.59 Å². The highest BCUT2D eigenvalue weighted by Gasteiger charge is 2.50. The number of benzene rings is 1. The number of rotatable bonds is 3. The quantitative estimate of drug-likeness (QED) is 0.901. The van der Waals surface area contributed by atoms with Gasteiger partial charge in [0.1, 0.15) is 0 Å². The lowest BCUT2D eigenvalue weighted by Gasteiger charge is -2.38. The van der Waals surface area contributed by atoms with E-state index in [2.05, 4.69) is 6.92 Å². The summed E-state index contributed by atoms with van der Waals surface area (Å²) in [5.74, 6) is 1.33. The Morgan fingerprint density at radius 3 is 2.19 bits per heavy atom. The van der Waals surface area contributed by atoms with Crippen LogP contribution in [0.3, 0.4) is 0 Å². The van der Waals surface area contributed by atoms with Gasteiger partial charge in [0.15, 0.2) is 0 Å². The van der Waals surface area contributed by atoms with E-state index in [0.717, 1.165) is 24.8 Å². The van der Waals surface area contributed by atoms with Crippen molar-refractivity contribution < 1.29 is 9.59 Å². The van der Waals surface area contributed by atoms with Crippen LogP contribution in [0.25, 0.3) is 0 Å². The Labute approximate surface area is 155 Å². The predicted octanol–water partition coefficient (Wildman–Crippen LogP) is 1.91. The van der Waals surface area contributed by atoms with Gasteiger partial charge in [0.25, 0.3) is 5.91 Å². The largest absolute Gasteiger partial charge is 0.339 e. The lowest BCUT2D eigenvalue weighted by molar-refractivity contribution is -0.139. The molecule has 4 unspecified atom stereocenters. The van der Waals surface area contributed by atoms with Gasteiger partial charge >= 0.3 is 0 Å². The van der Waals surface area contributed by atoms with Crippen molar-refractivity contribution >= 4 is 11.8 Å². The molecule has 3 aliphatic rings. The van der Waals surface area contributed by atoms with Crippen molar-refractivity contribution in [1.82, 2.24) is 9.80 Å². The molecular weight excluding hydrogens is 326 g/mol. The normalized spacial score (nSPS) is 30.7. The molecule has 26 heavy (non-hydrogen) atoms. The van der Waals surface area contributed by atoms with Gasteiger partial charge in [-0.15, -0.1) is 0 Å². The first-order chi connectivity index (χ1) is 12.6. The van der Waals surface area contributed by atoms with Crippen LogP contribution >= 0.6 is 0 Å². The van der Waals surface area contributed by atoms with Crippen molar-refractivity contribution in [2.24, 2.45) is 23.5 Å². The topological polar surface area (TPSA) is 66.6 Å². The van der Waals surface area contributed by atoms with Crippen LogP contribution in [0.5, 0.6) is 0 Å². The second kappa shape index (κ2) is 7.03. The fourth-order valence-corrected chi connectivity index (χ4v) is 5.11. The summed E-state index contributed by atoms with van der Waals surface area (Å²) in [5.41, 5.74) is 8.30. The molecule has 4 atom stereocenters. The second-order valence-electron chi connectivity index (χ2n) is 8.10. The smallest absolute Gasteiger partial charge is 0.253 e. The minimum absolute atomic E-state index is 0.0117. The Kier molecular flexibility index (Phi) is 4.74. The third-order valence-corrected chi connectivity index (χ3v) is 6.75. The Bertz CT molecular complexity index is 677. The average molecular weight is 355 g/mol. The third-order valence-electron chi connectivity index (χ3n) is 6.75. The number of aryl methyl sites for hydroxylation is 1. The molecule has 2 N–H and O–H groups in total. The zero-order chi connectivity index (χ0) is 18.3. The minimum atomic E-state index is 0.0117. The number of nitrogens with zero attached hydrogens (tertiary/aromatic N) is 2. The monoisotopic (exact) mass is 355 g/mol. The minimum Gasteiger partial charge on any atom is -0.339 e. The second-order valence-corrected chi connectivity index (χ2v) is 8.10. The molecule has 3 fully saturated rings. The molecular formula is C21H29N3O2. The molecule has 0 spiro atoms. The molecule has 5 heteroatoms. The van der Waals surface area contributed by atoms with Crippen LogP contribution in [0.15, 0.2) is 24.3 Å². The van der Waals surface area contributed by atoms with Crippen molar-refractivity contribution in [2.45, 2.75) is 38.6 Å². The zero-order valence-corrected chi connectivity index (χ0v) is 15.6. The van der Waals surface area contributed by atoms with Gasteiger partial charge in [-0.3, -0.25) is 9.59 Å². The number of hydrogen-bond donors (Lipinski definition) is 1. The van der Waals surface area contributed by atoms with Gasteiger partial charge in [-0.1, -0.05) is 19.1 Å². The van der Waals surface area contributed by atoms with Gasteiger partial charge in [0.2, 0.25) is 5.91 Å². The maximum atomic E-state index is 13.0. The summed E-state index contributed by atoms with van der Waals surface area (Å²) in [6, 6.07) is 7.89. The van der Waals surface area contributed by atoms with Crippen LogP contribution in [0, 0.1) is 17.8 Å². The summed E-state index contributed by atoms with van der Waals surface area (Å²) >= 11 is 0. The Morgan fingerprint density at radius 2 is 1.62 bits per heavy atom. The molecule has 1 aromatic rings. The van der Waals surface area contributed by atoms with Crippen molar-refractivity contribution in [3.8, 4) is 0 Å². The molecule has 2 amide bonds. The van der Waals surface area contributed by atoms with E-state index in [-0.39, 0.29) is 23.8 Å². The highest BCUT2D eigenvalue weighted by Crippen LogP contribution is 2.48. The Hall–Kier alpha value is -1.88. The van der Waals surface area contributed by atoms with Crippen molar-refractivity contribution in [3.63, 3.8) is 0 Å². The Morgan fingerprint density at radius 1 is 1.00 bits per heavy atom. The maximum absolute atomic E-state index is 13.0. The number of piperazine rings is 1. The fraction of sp³-hybridized carbons (Fsp3) is 0.619. The van der Waals surface area contributed by atoms with E-state index in [0.29, 0.717) is 38.0 Å². The summed E-state index contributed by atoms with van der Waals surface area (Å²) in [6.07, 6.45) is 4.44. The number of carbonyl (C=O) groups excluding carboxylic acids is 2. The molecule has 0 radical (unpaired) electrons. The number of amides is 2. The maximum Gasteiger partial charge on any atom is 0.253 e. The Balaban J connectivity index is 1.35. The number of carbonyl (C=O) groups is 2. The molecule has 1 heterocycles. The summed E-state index contributed by atoms with van der Waals surface area (Å²) in [6.45, 7) is 4.57. The van der Waals surface area contributed by atoms with E-state index >= 15 is 0 Å². The van der Waals surface area contributed by atoms with E-state index in [1.807, 2.05) is 34.1 Å². The lowest BCUT2D eigenvalue weighted by Crippen LogP contribution is -2.54. The third kappa shape index (κ3) is 3.02. The molecule has 0 aromatic heterocycles. The van der Waals surface area contributed by atoms with Gasteiger partial charge in [-0.2, -0.15) is 0 Å². The van der Waals surface area contributed by atoms with Crippen LogP contribution in [0.1, 0.15) is 42.1 Å². The first-order valence-electron chi connectivity index (χ1n) is 10.0. The van der Waals surface area contributed by atoms with Crippen LogP contribution in [-0.4, -0.2) is 53.8 Å². The molecule has 140 valence electrons. The molecule has 1 aliphatic heterocycles. The molecule has 2 bridgehead atoms. The predicted molar refractivity (Wildman–Crippen MR) is 101 cm³/mol. The van der Waals surface area contributed by atoms with E-state index in [1.165, 1.54) is 12.0 Å². The van der Waals surface area contributed by atoms with Crippen LogP contribution in [0.4, 0.5) is 0 Å². The van der Waals surface area contributed by atoms with Gasteiger partial charge in [-0.05, 0) is 55.2 Å². The van der Waals surface area contributed by atoms with Gasteiger partial charge in [-0.25, -0.2) is 0 Å². The van der Waals surface area contributed by atoms with Gasteiger partial charge in [0, 0.05) is 37.8 Å². The van der Waals surface area contributed by atoms with Gasteiger partial charge in [0.05, 0.1) is 5.92 Å². The van der Waals surface area contributed by atoms with Crippen LogP contribution in [-0.2, 0) is 11.2 Å². The van der Waals surface area contributed by atoms with Crippen molar-refractivity contribution in [1.29, 1.82) is 0 Å². The molecule has 5 nitrogen and oxygen atoms in total. The average Bonchev–Trinajstić information content (AvgIpc) is 3.28. The summed E-state index contributed by atoms with van der Waals surface area (Å²) in [5, 5.41) is 0. The summed E-state index contributed by atoms with van der Waals surface area (Å²) in [7, 11) is 0. The highest BCUT2D eigenvalue weighted by molar-refractivity contribution is 5.94. The SMILES string of the molecule is CCc1ccc(C(=O)N2CCN(C(=O)C3C4CCC(C4)C3N)CC2)cc1.